The molecule has 1 atom stereocenters. The van der Waals surface area contributed by atoms with Gasteiger partial charge in [0.15, 0.2) is 0 Å². The molecule has 21 heavy (non-hydrogen) atoms. The van der Waals surface area contributed by atoms with Crippen LogP contribution in [0.25, 0.3) is 0 Å². The number of amides is 1. The normalized spacial score (nSPS) is 13.5. The maximum absolute atomic E-state index is 11.9. The zero-order valence-corrected chi connectivity index (χ0v) is 14.5. The minimum atomic E-state index is -0.229. The second-order valence-corrected chi connectivity index (χ2v) is 7.59. The summed E-state index contributed by atoms with van der Waals surface area (Å²) in [7, 11) is 0. The topological polar surface area (TPSA) is 84.7 Å². The predicted molar refractivity (Wildman–Crippen MR) is 84.2 cm³/mol. The molecule has 0 bridgehead atoms. The van der Waals surface area contributed by atoms with E-state index in [2.05, 4.69) is 46.9 Å². The van der Waals surface area contributed by atoms with E-state index in [1.807, 2.05) is 20.8 Å². The molecule has 0 aliphatic carbocycles. The van der Waals surface area contributed by atoms with Crippen molar-refractivity contribution in [2.24, 2.45) is 0 Å². The maximum Gasteiger partial charge on any atom is 0.233 e. The fourth-order valence-electron chi connectivity index (χ4n) is 1.57. The smallest absolute Gasteiger partial charge is 0.233 e. The molecule has 7 nitrogen and oxygen atoms in total. The van der Waals surface area contributed by atoms with Gasteiger partial charge in [-0.2, -0.15) is 0 Å². The predicted octanol–water partition coefficient (Wildman–Crippen LogP) is 1.07. The molecule has 2 N–H and O–H groups in total. The van der Waals surface area contributed by atoms with Crippen molar-refractivity contribution in [3.63, 3.8) is 0 Å². The van der Waals surface area contributed by atoms with E-state index in [9.17, 15) is 4.79 Å². The lowest BCUT2D eigenvalue weighted by Crippen LogP contribution is -2.38. The molecule has 1 aromatic heterocycles. The highest BCUT2D eigenvalue weighted by Gasteiger charge is 2.19. The summed E-state index contributed by atoms with van der Waals surface area (Å²) < 4.78 is 1.72. The van der Waals surface area contributed by atoms with Gasteiger partial charge < -0.3 is 10.6 Å². The second kappa shape index (κ2) is 7.74. The number of hydrogen-bond donors (Lipinski definition) is 2. The molecule has 0 saturated carbocycles. The van der Waals surface area contributed by atoms with E-state index in [1.165, 1.54) is 11.8 Å². The van der Waals surface area contributed by atoms with Gasteiger partial charge in [-0.1, -0.05) is 11.8 Å². The molecule has 1 unspecified atom stereocenters. The summed E-state index contributed by atoms with van der Waals surface area (Å²) in [5, 5.41) is 18.4. The van der Waals surface area contributed by atoms with Crippen LogP contribution in [0.1, 0.15) is 41.5 Å². The Morgan fingerprint density at radius 3 is 2.57 bits per heavy atom. The van der Waals surface area contributed by atoms with Gasteiger partial charge in [-0.3, -0.25) is 4.79 Å². The van der Waals surface area contributed by atoms with Crippen molar-refractivity contribution in [1.82, 2.24) is 30.8 Å². The summed E-state index contributed by atoms with van der Waals surface area (Å²) in [5.41, 5.74) is 0.0613. The molecule has 0 radical (unpaired) electrons. The lowest BCUT2D eigenvalue weighted by molar-refractivity contribution is -0.120. The van der Waals surface area contributed by atoms with Crippen LogP contribution in [0.4, 0.5) is 0 Å². The van der Waals surface area contributed by atoms with E-state index < -0.39 is 0 Å². The number of carbonyl (C=O) groups is 1. The van der Waals surface area contributed by atoms with Gasteiger partial charge in [0.1, 0.15) is 0 Å². The summed E-state index contributed by atoms with van der Waals surface area (Å²) in [6.07, 6.45) is 0. The van der Waals surface area contributed by atoms with Crippen LogP contribution in [0.2, 0.25) is 0 Å². The molecule has 0 saturated heterocycles. The van der Waals surface area contributed by atoms with Gasteiger partial charge in [0.25, 0.3) is 0 Å². The van der Waals surface area contributed by atoms with E-state index in [0.717, 1.165) is 6.54 Å². The van der Waals surface area contributed by atoms with E-state index in [4.69, 9.17) is 0 Å². The van der Waals surface area contributed by atoms with Crippen LogP contribution < -0.4 is 10.6 Å². The lowest BCUT2D eigenvalue weighted by Gasteiger charge is -2.20. The van der Waals surface area contributed by atoms with Gasteiger partial charge in [0.05, 0.1) is 11.8 Å². The van der Waals surface area contributed by atoms with Crippen LogP contribution >= 0.6 is 11.8 Å². The number of nitrogens with one attached hydrogen (secondary N) is 2. The molecule has 0 fully saturated rings. The zero-order chi connectivity index (χ0) is 16.0. The number of carbonyl (C=O) groups excluding carboxylic acids is 1. The molecule has 1 amide bonds. The quantitative estimate of drug-likeness (QED) is 0.732. The summed E-state index contributed by atoms with van der Waals surface area (Å²) in [5.74, 6) is -0.00244. The van der Waals surface area contributed by atoms with E-state index in [-0.39, 0.29) is 22.7 Å². The summed E-state index contributed by atoms with van der Waals surface area (Å²) >= 11 is 1.37. The van der Waals surface area contributed by atoms with Crippen molar-refractivity contribution in [3.8, 4) is 0 Å². The van der Waals surface area contributed by atoms with E-state index >= 15 is 0 Å². The van der Waals surface area contributed by atoms with Gasteiger partial charge >= 0.3 is 0 Å². The number of nitrogens with zero attached hydrogens (tertiary/aromatic N) is 4. The zero-order valence-electron chi connectivity index (χ0n) is 13.7. The molecule has 0 spiro atoms. The van der Waals surface area contributed by atoms with Crippen molar-refractivity contribution in [1.29, 1.82) is 0 Å². The van der Waals surface area contributed by atoms with Crippen molar-refractivity contribution in [2.75, 3.05) is 6.54 Å². The average molecular weight is 314 g/mol. The number of aromatic nitrogens is 4. The number of hydrogen-bond acceptors (Lipinski definition) is 6. The van der Waals surface area contributed by atoms with E-state index in [1.54, 1.807) is 4.68 Å². The van der Waals surface area contributed by atoms with Gasteiger partial charge in [-0.05, 0) is 52.0 Å². The molecular weight excluding hydrogens is 288 g/mol. The van der Waals surface area contributed by atoms with Gasteiger partial charge in [-0.25, -0.2) is 4.68 Å². The fourth-order valence-corrected chi connectivity index (χ4v) is 2.40. The number of thioether (sulfide) groups is 1. The minimum Gasteiger partial charge on any atom is -0.353 e. The Labute approximate surface area is 130 Å². The minimum absolute atomic E-state index is 0.00244. The lowest BCUT2D eigenvalue weighted by atomic mass is 10.1. The van der Waals surface area contributed by atoms with Crippen LogP contribution in [0.3, 0.4) is 0 Å². The third kappa shape index (κ3) is 6.90. The molecule has 0 aliphatic rings. The summed E-state index contributed by atoms with van der Waals surface area (Å²) in [4.78, 5) is 11.9. The Balaban J connectivity index is 2.53. The largest absolute Gasteiger partial charge is 0.353 e. The van der Waals surface area contributed by atoms with Crippen LogP contribution in [-0.2, 0) is 11.3 Å². The van der Waals surface area contributed by atoms with Crippen LogP contribution in [0.5, 0.6) is 0 Å². The Bertz CT molecular complexity index is 454. The molecule has 8 heteroatoms. The Morgan fingerprint density at radius 1 is 1.33 bits per heavy atom. The maximum atomic E-state index is 11.9. The number of rotatable bonds is 7. The summed E-state index contributed by atoms with van der Waals surface area (Å²) in [6, 6.07) is 0.132. The van der Waals surface area contributed by atoms with Crippen molar-refractivity contribution in [2.45, 2.75) is 70.1 Å². The highest BCUT2D eigenvalue weighted by Crippen LogP contribution is 2.20. The standard InChI is InChI=1S/C13H26N6OS/c1-9(2)15-11(20)10(3)21-12-16-17-18-19(12)8-7-14-13(4,5)6/h9-10,14H,7-8H2,1-6H3,(H,15,20). The van der Waals surface area contributed by atoms with Crippen molar-refractivity contribution < 1.29 is 4.79 Å². The second-order valence-electron chi connectivity index (χ2n) is 6.28. The third-order valence-corrected chi connectivity index (χ3v) is 3.63. The molecule has 1 aromatic rings. The number of tetrazole rings is 1. The first-order valence-corrected chi connectivity index (χ1v) is 8.05. The highest BCUT2D eigenvalue weighted by molar-refractivity contribution is 8.00. The first-order chi connectivity index (χ1) is 9.69. The van der Waals surface area contributed by atoms with Gasteiger partial charge in [-0.15, -0.1) is 5.10 Å². The van der Waals surface area contributed by atoms with Crippen LogP contribution in [0.15, 0.2) is 5.16 Å². The Kier molecular flexibility index (Phi) is 6.60. The molecule has 120 valence electrons. The molecule has 0 aliphatic heterocycles. The van der Waals surface area contributed by atoms with Crippen LogP contribution in [0, 0.1) is 0 Å². The van der Waals surface area contributed by atoms with Crippen molar-refractivity contribution >= 4 is 17.7 Å². The monoisotopic (exact) mass is 314 g/mol. The Morgan fingerprint density at radius 2 is 2.00 bits per heavy atom. The highest BCUT2D eigenvalue weighted by atomic mass is 32.2. The van der Waals surface area contributed by atoms with Gasteiger partial charge in [0.2, 0.25) is 11.1 Å². The average Bonchev–Trinajstić information content (AvgIpc) is 2.74. The van der Waals surface area contributed by atoms with Crippen LogP contribution in [-0.4, -0.2) is 49.5 Å². The summed E-state index contributed by atoms with van der Waals surface area (Å²) in [6.45, 7) is 13.5. The Hall–Kier alpha value is -1.15. The van der Waals surface area contributed by atoms with Crippen molar-refractivity contribution in [3.05, 3.63) is 0 Å². The first-order valence-electron chi connectivity index (χ1n) is 7.17. The fraction of sp³-hybridized carbons (Fsp3) is 0.846. The van der Waals surface area contributed by atoms with E-state index in [0.29, 0.717) is 11.7 Å². The molecule has 1 heterocycles. The molecule has 0 aromatic carbocycles. The SMILES string of the molecule is CC(C)NC(=O)C(C)Sc1nnnn1CCNC(C)(C)C. The molecule has 1 rings (SSSR count). The third-order valence-electron chi connectivity index (χ3n) is 2.56. The van der Waals surface area contributed by atoms with Gasteiger partial charge in [0, 0.05) is 18.1 Å². The first kappa shape index (κ1) is 17.9. The molecular formula is C13H26N6OS.